The van der Waals surface area contributed by atoms with Gasteiger partial charge in [-0.2, -0.15) is 0 Å². The van der Waals surface area contributed by atoms with Gasteiger partial charge in [0.05, 0.1) is 17.7 Å². The van der Waals surface area contributed by atoms with Gasteiger partial charge in [-0.15, -0.1) is 11.3 Å². The van der Waals surface area contributed by atoms with Gasteiger partial charge in [0.25, 0.3) is 5.56 Å². The number of aryl methyl sites for hydroxylation is 2. The van der Waals surface area contributed by atoms with E-state index >= 15 is 0 Å². The summed E-state index contributed by atoms with van der Waals surface area (Å²) in [6.45, 7) is 1.80. The Morgan fingerprint density at radius 2 is 2.04 bits per heavy atom. The fourth-order valence-corrected chi connectivity index (χ4v) is 5.46. The average Bonchev–Trinajstić information content (AvgIpc) is 3.07. The Labute approximate surface area is 170 Å². The number of carbonyl (C=O) groups is 1. The smallest absolute Gasteiger partial charge is 0.260 e. The molecule has 1 aromatic carbocycles. The van der Waals surface area contributed by atoms with E-state index in [0.717, 1.165) is 35.2 Å². The van der Waals surface area contributed by atoms with E-state index in [0.29, 0.717) is 10.8 Å². The molecule has 2 heterocycles. The van der Waals surface area contributed by atoms with Crippen molar-refractivity contribution in [1.82, 2.24) is 9.97 Å². The summed E-state index contributed by atoms with van der Waals surface area (Å²) in [6, 6.07) is 7.16. The van der Waals surface area contributed by atoms with Gasteiger partial charge in [-0.1, -0.05) is 11.8 Å². The van der Waals surface area contributed by atoms with Crippen molar-refractivity contribution in [1.29, 1.82) is 0 Å². The lowest BCUT2D eigenvalue weighted by atomic mass is 9.97. The minimum absolute atomic E-state index is 0.102. The Morgan fingerprint density at radius 3 is 2.79 bits per heavy atom. The minimum Gasteiger partial charge on any atom is -0.497 e. The van der Waals surface area contributed by atoms with Crippen molar-refractivity contribution in [3.8, 4) is 5.75 Å². The molecule has 3 aromatic rings. The molecule has 1 aliphatic carbocycles. The van der Waals surface area contributed by atoms with Crippen LogP contribution in [0.4, 0.5) is 5.69 Å². The number of carbonyl (C=O) groups excluding carboxylic acids is 1. The molecule has 8 heteroatoms. The number of aromatic amines is 1. The second kappa shape index (κ2) is 7.97. The lowest BCUT2D eigenvalue weighted by molar-refractivity contribution is -0.115. The summed E-state index contributed by atoms with van der Waals surface area (Å²) in [4.78, 5) is 34.7. The number of thioether (sulfide) groups is 1. The number of ether oxygens (including phenoxy) is 1. The third-order valence-corrected chi connectivity index (χ3v) is 6.99. The molecule has 0 saturated carbocycles. The Kier molecular flexibility index (Phi) is 5.41. The van der Waals surface area contributed by atoms with E-state index in [1.54, 1.807) is 49.6 Å². The van der Waals surface area contributed by atoms with E-state index in [4.69, 9.17) is 4.74 Å². The first-order chi connectivity index (χ1) is 13.5. The number of H-pyrrole nitrogens is 1. The summed E-state index contributed by atoms with van der Waals surface area (Å²) in [6.07, 6.45) is 4.27. The highest BCUT2D eigenvalue weighted by Gasteiger charge is 2.21. The monoisotopic (exact) mass is 415 g/mol. The van der Waals surface area contributed by atoms with Crippen molar-refractivity contribution in [2.45, 2.75) is 43.0 Å². The van der Waals surface area contributed by atoms with Gasteiger partial charge in [0.1, 0.15) is 10.6 Å². The number of amides is 1. The molecule has 28 heavy (non-hydrogen) atoms. The average molecular weight is 416 g/mol. The van der Waals surface area contributed by atoms with E-state index in [1.165, 1.54) is 28.6 Å². The molecule has 0 saturated heterocycles. The summed E-state index contributed by atoms with van der Waals surface area (Å²) in [5.74, 6) is 0.581. The standard InChI is InChI=1S/C20H21N3O3S2/c1-11(17(24)21-12-7-9-13(26-2)10-8-12)27-20-22-18(25)16-14-5-3-4-6-15(14)28-19(16)23-20/h7-11H,3-6H2,1-2H3,(H,21,24)(H,22,23,25)/t11-/m0/s1. The normalized spacial score (nSPS) is 14.5. The molecule has 0 fully saturated rings. The molecule has 2 N–H and O–H groups in total. The second-order valence-electron chi connectivity index (χ2n) is 6.74. The van der Waals surface area contributed by atoms with Crippen LogP contribution in [0.2, 0.25) is 0 Å². The fourth-order valence-electron chi connectivity index (χ4n) is 3.34. The first-order valence-electron chi connectivity index (χ1n) is 9.21. The fraction of sp³-hybridized carbons (Fsp3) is 0.350. The second-order valence-corrected chi connectivity index (χ2v) is 9.15. The number of benzene rings is 1. The van der Waals surface area contributed by atoms with Crippen LogP contribution in [-0.2, 0) is 17.6 Å². The van der Waals surface area contributed by atoms with Crippen molar-refractivity contribution in [2.75, 3.05) is 12.4 Å². The third kappa shape index (κ3) is 3.79. The van der Waals surface area contributed by atoms with Gasteiger partial charge >= 0.3 is 0 Å². The van der Waals surface area contributed by atoms with Gasteiger partial charge in [-0.05, 0) is 62.4 Å². The molecular formula is C20H21N3O3S2. The summed E-state index contributed by atoms with van der Waals surface area (Å²) in [5.41, 5.74) is 1.76. The lowest BCUT2D eigenvalue weighted by Gasteiger charge is -2.12. The number of hydrogen-bond acceptors (Lipinski definition) is 6. The summed E-state index contributed by atoms with van der Waals surface area (Å²) >= 11 is 2.87. The van der Waals surface area contributed by atoms with Crippen LogP contribution in [0.5, 0.6) is 5.75 Å². The minimum atomic E-state index is -0.405. The van der Waals surface area contributed by atoms with Crippen LogP contribution in [-0.4, -0.2) is 28.2 Å². The molecule has 1 amide bonds. The van der Waals surface area contributed by atoms with Gasteiger partial charge in [0.2, 0.25) is 5.91 Å². The topological polar surface area (TPSA) is 84.1 Å². The highest BCUT2D eigenvalue weighted by molar-refractivity contribution is 8.00. The number of aromatic nitrogens is 2. The number of nitrogens with zero attached hydrogens (tertiary/aromatic N) is 1. The molecular weight excluding hydrogens is 394 g/mol. The van der Waals surface area contributed by atoms with Crippen LogP contribution in [0.3, 0.4) is 0 Å². The zero-order valence-corrected chi connectivity index (χ0v) is 17.3. The van der Waals surface area contributed by atoms with Crippen molar-refractivity contribution in [2.24, 2.45) is 0 Å². The summed E-state index contributed by atoms with van der Waals surface area (Å²) in [5, 5.41) is 3.68. The number of methoxy groups -OCH3 is 1. The van der Waals surface area contributed by atoms with Crippen LogP contribution >= 0.6 is 23.1 Å². The zero-order valence-electron chi connectivity index (χ0n) is 15.7. The van der Waals surface area contributed by atoms with Crippen molar-refractivity contribution in [3.63, 3.8) is 0 Å². The third-order valence-electron chi connectivity index (χ3n) is 4.82. The van der Waals surface area contributed by atoms with Gasteiger partial charge in [0.15, 0.2) is 5.16 Å². The van der Waals surface area contributed by atoms with Crippen LogP contribution in [0.25, 0.3) is 10.2 Å². The first kappa shape index (κ1) is 19.0. The Balaban J connectivity index is 1.50. The maximum Gasteiger partial charge on any atom is 0.260 e. The van der Waals surface area contributed by atoms with Crippen LogP contribution in [0, 0.1) is 0 Å². The largest absolute Gasteiger partial charge is 0.497 e. The van der Waals surface area contributed by atoms with Crippen molar-refractivity contribution < 1.29 is 9.53 Å². The Morgan fingerprint density at radius 1 is 1.29 bits per heavy atom. The molecule has 0 radical (unpaired) electrons. The number of rotatable bonds is 5. The molecule has 2 aromatic heterocycles. The van der Waals surface area contributed by atoms with E-state index in [-0.39, 0.29) is 11.5 Å². The maximum atomic E-state index is 12.6. The number of nitrogens with one attached hydrogen (secondary N) is 2. The molecule has 1 aliphatic rings. The molecule has 0 aliphatic heterocycles. The molecule has 146 valence electrons. The van der Waals surface area contributed by atoms with E-state index < -0.39 is 5.25 Å². The van der Waals surface area contributed by atoms with E-state index in [2.05, 4.69) is 15.3 Å². The van der Waals surface area contributed by atoms with E-state index in [9.17, 15) is 9.59 Å². The summed E-state index contributed by atoms with van der Waals surface area (Å²) in [7, 11) is 1.60. The first-order valence-corrected chi connectivity index (χ1v) is 10.9. The number of hydrogen-bond donors (Lipinski definition) is 2. The van der Waals surface area contributed by atoms with E-state index in [1.807, 2.05) is 0 Å². The Bertz CT molecular complexity index is 1070. The highest BCUT2D eigenvalue weighted by atomic mass is 32.2. The number of anilines is 1. The van der Waals surface area contributed by atoms with Crippen LogP contribution < -0.4 is 15.6 Å². The number of fused-ring (bicyclic) bond motifs is 3. The molecule has 6 nitrogen and oxygen atoms in total. The molecule has 4 rings (SSSR count). The molecule has 1 atom stereocenters. The van der Waals surface area contributed by atoms with Gasteiger partial charge in [-0.3, -0.25) is 9.59 Å². The van der Waals surface area contributed by atoms with Gasteiger partial charge in [-0.25, -0.2) is 4.98 Å². The lowest BCUT2D eigenvalue weighted by Crippen LogP contribution is -2.23. The van der Waals surface area contributed by atoms with Gasteiger partial charge in [0, 0.05) is 10.6 Å². The van der Waals surface area contributed by atoms with Crippen LogP contribution in [0.1, 0.15) is 30.2 Å². The quantitative estimate of drug-likeness (QED) is 0.486. The molecule has 0 bridgehead atoms. The zero-order chi connectivity index (χ0) is 19.7. The predicted molar refractivity (Wildman–Crippen MR) is 114 cm³/mol. The van der Waals surface area contributed by atoms with Crippen molar-refractivity contribution >= 4 is 44.9 Å². The highest BCUT2D eigenvalue weighted by Crippen LogP contribution is 2.34. The summed E-state index contributed by atoms with van der Waals surface area (Å²) < 4.78 is 5.12. The van der Waals surface area contributed by atoms with Gasteiger partial charge < -0.3 is 15.0 Å². The number of thiophene rings is 1. The predicted octanol–water partition coefficient (Wildman–Crippen LogP) is 3.99. The molecule has 0 spiro atoms. The van der Waals surface area contributed by atoms with Crippen LogP contribution in [0.15, 0.2) is 34.2 Å². The Hall–Kier alpha value is -2.32. The van der Waals surface area contributed by atoms with Crippen molar-refractivity contribution in [3.05, 3.63) is 45.1 Å². The molecule has 0 unspecified atom stereocenters. The maximum absolute atomic E-state index is 12.6. The SMILES string of the molecule is COc1ccc(NC(=O)[C@H](C)Sc2nc3sc4c(c3c(=O)[nH]2)CCCC4)cc1.